The fraction of sp³-hybridized carbons (Fsp3) is 1.00. The van der Waals surface area contributed by atoms with Gasteiger partial charge in [-0.1, -0.05) is 0 Å². The number of hydrogen-bond acceptors (Lipinski definition) is 5. The van der Waals surface area contributed by atoms with Crippen molar-refractivity contribution in [3.05, 3.63) is 0 Å². The van der Waals surface area contributed by atoms with Gasteiger partial charge in [-0.3, -0.25) is 4.90 Å². The summed E-state index contributed by atoms with van der Waals surface area (Å²) in [7, 11) is -2.76. The highest BCUT2D eigenvalue weighted by atomic mass is 32.2. The quantitative estimate of drug-likeness (QED) is 0.707. The standard InChI is InChI=1S/C11H23N3O2S/c15-17(16)10-1-4-13(9-11-17)7-8-14-5-2-12-3-6-14/h12H,1-11H2. The lowest BCUT2D eigenvalue weighted by Gasteiger charge is -2.29. The van der Waals surface area contributed by atoms with E-state index in [1.54, 1.807) is 0 Å². The molecule has 0 aliphatic carbocycles. The average Bonchev–Trinajstić information content (AvgIpc) is 2.49. The van der Waals surface area contributed by atoms with E-state index in [1.807, 2.05) is 0 Å². The first-order valence-corrected chi connectivity index (χ1v) is 8.34. The van der Waals surface area contributed by atoms with Crippen LogP contribution in [0.3, 0.4) is 0 Å². The Bertz CT molecular complexity index is 326. The number of hydrogen-bond donors (Lipinski definition) is 1. The van der Waals surface area contributed by atoms with E-state index < -0.39 is 9.84 Å². The maximum Gasteiger partial charge on any atom is 0.151 e. The lowest BCUT2D eigenvalue weighted by molar-refractivity contribution is 0.194. The molecule has 2 aliphatic heterocycles. The minimum absolute atomic E-state index is 0.342. The van der Waals surface area contributed by atoms with Gasteiger partial charge in [-0.25, -0.2) is 8.42 Å². The molecule has 2 fully saturated rings. The molecule has 17 heavy (non-hydrogen) atoms. The van der Waals surface area contributed by atoms with Gasteiger partial charge >= 0.3 is 0 Å². The first-order chi connectivity index (χ1) is 8.16. The van der Waals surface area contributed by atoms with Gasteiger partial charge in [0.15, 0.2) is 9.84 Å². The molecular weight excluding hydrogens is 238 g/mol. The van der Waals surface area contributed by atoms with Crippen molar-refractivity contribution < 1.29 is 8.42 Å². The van der Waals surface area contributed by atoms with Gasteiger partial charge in [-0.05, 0) is 13.0 Å². The largest absolute Gasteiger partial charge is 0.314 e. The third-order valence-corrected chi connectivity index (χ3v) is 5.31. The molecule has 0 aromatic carbocycles. The minimum atomic E-state index is -2.76. The monoisotopic (exact) mass is 261 g/mol. The van der Waals surface area contributed by atoms with Crippen LogP contribution in [-0.4, -0.2) is 82.1 Å². The van der Waals surface area contributed by atoms with Crippen LogP contribution in [0.5, 0.6) is 0 Å². The summed E-state index contributed by atoms with van der Waals surface area (Å²) in [6.45, 7) is 8.12. The SMILES string of the molecule is O=S1(=O)CCCN(CCN2CCNCC2)CC1. The highest BCUT2D eigenvalue weighted by Gasteiger charge is 2.19. The van der Waals surface area contributed by atoms with Gasteiger partial charge in [-0.15, -0.1) is 0 Å². The van der Waals surface area contributed by atoms with Crippen LogP contribution in [0.2, 0.25) is 0 Å². The number of sulfone groups is 1. The minimum Gasteiger partial charge on any atom is -0.314 e. The molecule has 0 saturated carbocycles. The van der Waals surface area contributed by atoms with Gasteiger partial charge in [0.05, 0.1) is 11.5 Å². The first-order valence-electron chi connectivity index (χ1n) is 6.52. The van der Waals surface area contributed by atoms with Crippen LogP contribution in [0.4, 0.5) is 0 Å². The molecule has 2 aliphatic rings. The summed E-state index contributed by atoms with van der Waals surface area (Å²) in [5.74, 6) is 0.714. The molecule has 2 rings (SSSR count). The molecule has 0 amide bonds. The van der Waals surface area contributed by atoms with Crippen molar-refractivity contribution in [1.29, 1.82) is 0 Å². The van der Waals surface area contributed by atoms with Crippen molar-refractivity contribution >= 4 is 9.84 Å². The molecule has 100 valence electrons. The number of rotatable bonds is 3. The van der Waals surface area contributed by atoms with Crippen molar-refractivity contribution in [2.24, 2.45) is 0 Å². The zero-order valence-electron chi connectivity index (χ0n) is 10.4. The van der Waals surface area contributed by atoms with E-state index in [2.05, 4.69) is 15.1 Å². The Labute approximate surface area is 104 Å². The van der Waals surface area contributed by atoms with Crippen LogP contribution >= 0.6 is 0 Å². The summed E-state index contributed by atoms with van der Waals surface area (Å²) in [5, 5.41) is 3.34. The normalized spacial score (nSPS) is 27.8. The summed E-state index contributed by atoms with van der Waals surface area (Å²) in [4.78, 5) is 4.75. The number of nitrogens with one attached hydrogen (secondary N) is 1. The lowest BCUT2D eigenvalue weighted by Crippen LogP contribution is -2.46. The number of nitrogens with zero attached hydrogens (tertiary/aromatic N) is 2. The van der Waals surface area contributed by atoms with Crippen LogP contribution in [-0.2, 0) is 9.84 Å². The van der Waals surface area contributed by atoms with Crippen molar-refractivity contribution in [3.8, 4) is 0 Å². The van der Waals surface area contributed by atoms with E-state index in [9.17, 15) is 8.42 Å². The van der Waals surface area contributed by atoms with Crippen LogP contribution < -0.4 is 5.32 Å². The maximum absolute atomic E-state index is 11.5. The van der Waals surface area contributed by atoms with Crippen LogP contribution in [0.1, 0.15) is 6.42 Å². The van der Waals surface area contributed by atoms with Gasteiger partial charge in [-0.2, -0.15) is 0 Å². The van der Waals surface area contributed by atoms with E-state index in [0.717, 1.165) is 52.2 Å². The van der Waals surface area contributed by atoms with Gasteiger partial charge in [0.1, 0.15) is 0 Å². The molecule has 2 heterocycles. The molecule has 6 heteroatoms. The summed E-state index contributed by atoms with van der Waals surface area (Å²) < 4.78 is 23.0. The second-order valence-corrected chi connectivity index (χ2v) is 7.24. The Morgan fingerprint density at radius 1 is 0.882 bits per heavy atom. The fourth-order valence-electron chi connectivity index (χ4n) is 2.43. The third kappa shape index (κ3) is 4.54. The molecule has 0 spiro atoms. The van der Waals surface area contributed by atoms with Gasteiger partial charge in [0.25, 0.3) is 0 Å². The van der Waals surface area contributed by atoms with Crippen LogP contribution in [0.25, 0.3) is 0 Å². The summed E-state index contributed by atoms with van der Waals surface area (Å²) in [6.07, 6.45) is 0.796. The predicted molar refractivity (Wildman–Crippen MR) is 69.0 cm³/mol. The van der Waals surface area contributed by atoms with Crippen molar-refractivity contribution in [1.82, 2.24) is 15.1 Å². The van der Waals surface area contributed by atoms with E-state index in [4.69, 9.17) is 0 Å². The first kappa shape index (κ1) is 13.3. The third-order valence-electron chi connectivity index (χ3n) is 3.59. The molecule has 5 nitrogen and oxygen atoms in total. The summed E-state index contributed by atoms with van der Waals surface area (Å²) in [6, 6.07) is 0. The topological polar surface area (TPSA) is 52.7 Å². The second kappa shape index (κ2) is 6.13. The van der Waals surface area contributed by atoms with Gasteiger partial charge in [0.2, 0.25) is 0 Å². The van der Waals surface area contributed by atoms with Crippen molar-refractivity contribution in [2.45, 2.75) is 6.42 Å². The van der Waals surface area contributed by atoms with Crippen LogP contribution in [0, 0.1) is 0 Å². The Balaban J connectivity index is 1.71. The van der Waals surface area contributed by atoms with Gasteiger partial charge in [0, 0.05) is 45.8 Å². The molecule has 2 saturated heterocycles. The van der Waals surface area contributed by atoms with Crippen molar-refractivity contribution in [3.63, 3.8) is 0 Å². The number of piperazine rings is 1. The smallest absolute Gasteiger partial charge is 0.151 e. The van der Waals surface area contributed by atoms with E-state index >= 15 is 0 Å². The molecule has 0 aromatic rings. The summed E-state index contributed by atoms with van der Waals surface area (Å²) in [5.41, 5.74) is 0. The van der Waals surface area contributed by atoms with E-state index in [1.165, 1.54) is 0 Å². The van der Waals surface area contributed by atoms with E-state index in [0.29, 0.717) is 18.1 Å². The van der Waals surface area contributed by atoms with Gasteiger partial charge < -0.3 is 10.2 Å². The lowest BCUT2D eigenvalue weighted by atomic mass is 10.3. The zero-order valence-corrected chi connectivity index (χ0v) is 11.2. The van der Waals surface area contributed by atoms with E-state index in [-0.39, 0.29) is 0 Å². The highest BCUT2D eigenvalue weighted by Crippen LogP contribution is 2.05. The highest BCUT2D eigenvalue weighted by molar-refractivity contribution is 7.91. The second-order valence-electron chi connectivity index (χ2n) is 4.94. The Morgan fingerprint density at radius 2 is 1.53 bits per heavy atom. The summed E-state index contributed by atoms with van der Waals surface area (Å²) >= 11 is 0. The Kier molecular flexibility index (Phi) is 4.78. The molecule has 0 atom stereocenters. The predicted octanol–water partition coefficient (Wildman–Crippen LogP) is -0.988. The molecule has 0 bridgehead atoms. The maximum atomic E-state index is 11.5. The Morgan fingerprint density at radius 3 is 2.24 bits per heavy atom. The fourth-order valence-corrected chi connectivity index (χ4v) is 3.74. The Hall–Kier alpha value is -0.170. The molecular formula is C11H23N3O2S. The molecule has 1 N–H and O–H groups in total. The van der Waals surface area contributed by atoms with Crippen molar-refractivity contribution in [2.75, 3.05) is 63.9 Å². The van der Waals surface area contributed by atoms with Crippen LogP contribution in [0.15, 0.2) is 0 Å². The molecule has 0 radical (unpaired) electrons. The molecule has 0 aromatic heterocycles. The zero-order chi connectivity index (χ0) is 12.1. The average molecular weight is 261 g/mol. The molecule has 0 unspecified atom stereocenters.